The van der Waals surface area contributed by atoms with E-state index in [0.717, 1.165) is 5.56 Å². The van der Waals surface area contributed by atoms with Gasteiger partial charge < -0.3 is 4.74 Å². The molecule has 0 bridgehead atoms. The summed E-state index contributed by atoms with van der Waals surface area (Å²) in [5, 5.41) is 0. The van der Waals surface area contributed by atoms with Gasteiger partial charge in [0.05, 0.1) is 16.0 Å². The normalized spacial score (nSPS) is 11.8. The number of hydrogen-bond acceptors (Lipinski definition) is 4. The lowest BCUT2D eigenvalue weighted by Crippen LogP contribution is -2.45. The minimum absolute atomic E-state index is 0.109. The molecule has 0 fully saturated rings. The fraction of sp³-hybridized carbons (Fsp3) is 0.160. The minimum atomic E-state index is -3.84. The van der Waals surface area contributed by atoms with Crippen molar-refractivity contribution in [1.82, 2.24) is 4.31 Å². The lowest BCUT2D eigenvalue weighted by Gasteiger charge is -2.37. The predicted molar refractivity (Wildman–Crippen MR) is 121 cm³/mol. The average Bonchev–Trinajstić information content (AvgIpc) is 2.78. The van der Waals surface area contributed by atoms with Crippen LogP contribution in [-0.2, 0) is 15.6 Å². The van der Waals surface area contributed by atoms with Gasteiger partial charge in [-0.2, -0.15) is 4.31 Å². The molecule has 6 heteroatoms. The summed E-state index contributed by atoms with van der Waals surface area (Å²) in [5.74, 6) is -0.236. The molecule has 3 aromatic carbocycles. The average molecular weight is 436 g/mol. The minimum Gasteiger partial charge on any atom is -0.423 e. The Morgan fingerprint density at radius 2 is 1.48 bits per heavy atom. The molecule has 3 rings (SSSR count). The molecule has 0 unspecified atom stereocenters. The molecule has 160 valence electrons. The Balaban J connectivity index is 1.87. The molecule has 0 N–H and O–H groups in total. The Hall–Kier alpha value is -3.22. The van der Waals surface area contributed by atoms with E-state index in [1.165, 1.54) is 28.6 Å². The first-order chi connectivity index (χ1) is 14.8. The van der Waals surface area contributed by atoms with Crippen LogP contribution < -0.4 is 4.74 Å². The Bertz CT molecular complexity index is 1140. The lowest BCUT2D eigenvalue weighted by atomic mass is 9.94. The molecular formula is C25H25NO4S. The van der Waals surface area contributed by atoms with Gasteiger partial charge in [-0.25, -0.2) is 13.2 Å². The van der Waals surface area contributed by atoms with Crippen LogP contribution in [0, 0.1) is 0 Å². The second-order valence-corrected chi connectivity index (χ2v) is 9.34. The molecule has 0 atom stereocenters. The molecule has 31 heavy (non-hydrogen) atoms. The predicted octanol–water partition coefficient (Wildman–Crippen LogP) is 5.02. The van der Waals surface area contributed by atoms with Gasteiger partial charge >= 0.3 is 5.97 Å². The summed E-state index contributed by atoms with van der Waals surface area (Å²) in [4.78, 5) is 12.3. The number of sulfonamides is 1. The van der Waals surface area contributed by atoms with Gasteiger partial charge in [-0.15, -0.1) is 6.58 Å². The van der Waals surface area contributed by atoms with Gasteiger partial charge in [-0.1, -0.05) is 54.6 Å². The van der Waals surface area contributed by atoms with E-state index < -0.39 is 21.5 Å². The number of ether oxygens (including phenoxy) is 1. The van der Waals surface area contributed by atoms with Crippen LogP contribution >= 0.6 is 0 Å². The van der Waals surface area contributed by atoms with E-state index in [-0.39, 0.29) is 17.2 Å². The van der Waals surface area contributed by atoms with Gasteiger partial charge in [-0.05, 0) is 55.8 Å². The molecule has 0 aliphatic rings. The topological polar surface area (TPSA) is 63.7 Å². The fourth-order valence-electron chi connectivity index (χ4n) is 3.28. The third-order valence-corrected chi connectivity index (χ3v) is 7.08. The highest BCUT2D eigenvalue weighted by molar-refractivity contribution is 7.89. The van der Waals surface area contributed by atoms with Crippen LogP contribution in [0.5, 0.6) is 5.75 Å². The molecular weight excluding hydrogens is 410 g/mol. The van der Waals surface area contributed by atoms with Crippen LogP contribution in [0.15, 0.2) is 102 Å². The summed E-state index contributed by atoms with van der Waals surface area (Å²) in [5.41, 5.74) is 0.488. The zero-order chi connectivity index (χ0) is 22.5. The summed E-state index contributed by atoms with van der Waals surface area (Å²) in [6.07, 6.45) is 1.57. The van der Waals surface area contributed by atoms with Crippen molar-refractivity contribution in [2.75, 3.05) is 6.54 Å². The molecule has 3 aromatic rings. The number of nitrogens with zero attached hydrogens (tertiary/aromatic N) is 1. The molecule has 0 radical (unpaired) electrons. The number of esters is 1. The standard InChI is InChI=1S/C25H25NO4S/c1-4-19-26(25(2,3)21-13-9-6-10-14-21)31(28,29)23-17-15-22(16-18-23)30-24(27)20-11-7-5-8-12-20/h4-18H,1,19H2,2-3H3. The molecule has 0 aromatic heterocycles. The van der Waals surface area contributed by atoms with Gasteiger partial charge in [0.1, 0.15) is 5.75 Å². The Kier molecular flexibility index (Phi) is 6.73. The third kappa shape index (κ3) is 4.93. The van der Waals surface area contributed by atoms with Crippen LogP contribution in [-0.4, -0.2) is 25.2 Å². The maximum absolute atomic E-state index is 13.5. The van der Waals surface area contributed by atoms with Crippen LogP contribution in [0.4, 0.5) is 0 Å². The number of hydrogen-bond donors (Lipinski definition) is 0. The maximum Gasteiger partial charge on any atom is 0.343 e. The maximum atomic E-state index is 13.5. The van der Waals surface area contributed by atoms with Crippen LogP contribution in [0.25, 0.3) is 0 Å². The molecule has 5 nitrogen and oxygen atoms in total. The van der Waals surface area contributed by atoms with E-state index in [1.807, 2.05) is 50.2 Å². The van der Waals surface area contributed by atoms with Crippen molar-refractivity contribution >= 4 is 16.0 Å². The highest BCUT2D eigenvalue weighted by Gasteiger charge is 2.37. The zero-order valence-corrected chi connectivity index (χ0v) is 18.4. The van der Waals surface area contributed by atoms with E-state index in [2.05, 4.69) is 6.58 Å². The van der Waals surface area contributed by atoms with Gasteiger partial charge in [0, 0.05) is 6.54 Å². The Morgan fingerprint density at radius 3 is 2.03 bits per heavy atom. The van der Waals surface area contributed by atoms with Crippen molar-refractivity contribution in [3.8, 4) is 5.75 Å². The second-order valence-electron chi connectivity index (χ2n) is 7.48. The fourth-order valence-corrected chi connectivity index (χ4v) is 5.02. The quantitative estimate of drug-likeness (QED) is 0.283. The summed E-state index contributed by atoms with van der Waals surface area (Å²) in [7, 11) is -3.84. The zero-order valence-electron chi connectivity index (χ0n) is 17.6. The summed E-state index contributed by atoms with van der Waals surface area (Å²) in [6, 6.07) is 23.9. The number of benzene rings is 3. The molecule has 0 spiro atoms. The van der Waals surface area contributed by atoms with E-state index in [9.17, 15) is 13.2 Å². The van der Waals surface area contributed by atoms with Crippen molar-refractivity contribution in [1.29, 1.82) is 0 Å². The third-order valence-electron chi connectivity index (χ3n) is 5.03. The van der Waals surface area contributed by atoms with E-state index in [4.69, 9.17) is 4.74 Å². The second kappa shape index (κ2) is 9.29. The number of carbonyl (C=O) groups is 1. The first kappa shape index (κ1) is 22.5. The van der Waals surface area contributed by atoms with Gasteiger partial charge in [0.25, 0.3) is 0 Å². The molecule has 0 heterocycles. The molecule has 0 aliphatic heterocycles. The van der Waals surface area contributed by atoms with E-state index >= 15 is 0 Å². The van der Waals surface area contributed by atoms with Crippen LogP contribution in [0.1, 0.15) is 29.8 Å². The molecule has 0 aliphatic carbocycles. The van der Waals surface area contributed by atoms with Gasteiger partial charge in [0.15, 0.2) is 0 Å². The Labute approximate surface area is 183 Å². The molecule has 0 amide bonds. The van der Waals surface area contributed by atoms with Crippen LogP contribution in [0.2, 0.25) is 0 Å². The lowest BCUT2D eigenvalue weighted by molar-refractivity contribution is 0.0734. The largest absolute Gasteiger partial charge is 0.423 e. The van der Waals surface area contributed by atoms with Gasteiger partial charge in [0.2, 0.25) is 10.0 Å². The Morgan fingerprint density at radius 1 is 0.935 bits per heavy atom. The SMILES string of the molecule is C=CCN(C(C)(C)c1ccccc1)S(=O)(=O)c1ccc(OC(=O)c2ccccc2)cc1. The van der Waals surface area contributed by atoms with Crippen molar-refractivity contribution in [3.05, 3.63) is 109 Å². The highest BCUT2D eigenvalue weighted by atomic mass is 32.2. The number of carbonyl (C=O) groups excluding carboxylic acids is 1. The molecule has 0 saturated heterocycles. The summed E-state index contributed by atoms with van der Waals surface area (Å²) in [6.45, 7) is 7.60. The number of rotatable bonds is 8. The summed E-state index contributed by atoms with van der Waals surface area (Å²) >= 11 is 0. The first-order valence-electron chi connectivity index (χ1n) is 9.83. The molecule has 0 saturated carbocycles. The van der Waals surface area contributed by atoms with Crippen molar-refractivity contribution in [3.63, 3.8) is 0 Å². The summed E-state index contributed by atoms with van der Waals surface area (Å²) < 4.78 is 33.7. The highest BCUT2D eigenvalue weighted by Crippen LogP contribution is 2.33. The van der Waals surface area contributed by atoms with Gasteiger partial charge in [-0.3, -0.25) is 0 Å². The van der Waals surface area contributed by atoms with Crippen molar-refractivity contribution < 1.29 is 17.9 Å². The smallest absolute Gasteiger partial charge is 0.343 e. The van der Waals surface area contributed by atoms with E-state index in [0.29, 0.717) is 5.56 Å². The van der Waals surface area contributed by atoms with Crippen LogP contribution in [0.3, 0.4) is 0 Å². The first-order valence-corrected chi connectivity index (χ1v) is 11.3. The van der Waals surface area contributed by atoms with Crippen molar-refractivity contribution in [2.45, 2.75) is 24.3 Å². The van der Waals surface area contributed by atoms with E-state index in [1.54, 1.807) is 30.3 Å². The van der Waals surface area contributed by atoms with Crippen molar-refractivity contribution in [2.24, 2.45) is 0 Å². The monoisotopic (exact) mass is 435 g/mol.